The molecule has 2 aromatic heterocycles. The highest BCUT2D eigenvalue weighted by Crippen LogP contribution is 2.50. The van der Waals surface area contributed by atoms with E-state index in [0.717, 1.165) is 0 Å². The molecule has 0 saturated carbocycles. The van der Waals surface area contributed by atoms with Crippen LogP contribution in [0.2, 0.25) is 0 Å². The lowest BCUT2D eigenvalue weighted by Crippen LogP contribution is -2.14. The molecule has 0 radical (unpaired) electrons. The number of nitrogens with zero attached hydrogens (tertiary/aromatic N) is 2. The summed E-state index contributed by atoms with van der Waals surface area (Å²) in [4.78, 5) is 0. The van der Waals surface area contributed by atoms with E-state index in [0.29, 0.717) is 0 Å². The third-order valence-electron chi connectivity index (χ3n) is 12.9. The molecule has 2 heteroatoms. The molecule has 1 aliphatic rings. The predicted octanol–water partition coefficient (Wildman–Crippen LogP) is 15.2. The Morgan fingerprint density at radius 3 is 1.61 bits per heavy atom. The molecule has 0 fully saturated rings. The van der Waals surface area contributed by atoms with Crippen LogP contribution in [0.4, 0.5) is 0 Å². The quantitative estimate of drug-likeness (QED) is 0.166. The van der Waals surface area contributed by atoms with Gasteiger partial charge in [-0.3, -0.25) is 0 Å². The maximum atomic E-state index is 2.52. The molecule has 0 bridgehead atoms. The van der Waals surface area contributed by atoms with E-state index in [2.05, 4.69) is 229 Å². The van der Waals surface area contributed by atoms with Gasteiger partial charge in [-0.05, 0) is 117 Å². The first-order valence-electron chi connectivity index (χ1n) is 20.6. The zero-order valence-electron chi connectivity index (χ0n) is 33.0. The van der Waals surface area contributed by atoms with Crippen molar-refractivity contribution in [3.8, 4) is 55.9 Å². The number of fused-ring (bicyclic) bond motifs is 9. The maximum absolute atomic E-state index is 2.52. The monoisotopic (exact) mass is 752 g/mol. The van der Waals surface area contributed by atoms with Crippen molar-refractivity contribution in [1.82, 2.24) is 9.13 Å². The molecule has 0 unspecified atom stereocenters. The summed E-state index contributed by atoms with van der Waals surface area (Å²) in [6, 6.07) is 76.2. The van der Waals surface area contributed by atoms with Gasteiger partial charge in [0.1, 0.15) is 0 Å². The van der Waals surface area contributed by atoms with Gasteiger partial charge < -0.3 is 9.13 Å². The summed E-state index contributed by atoms with van der Waals surface area (Å²) in [5, 5.41) is 4.99. The Labute approximate surface area is 343 Å². The fourth-order valence-electron chi connectivity index (χ4n) is 10.1. The molecule has 0 amide bonds. The van der Waals surface area contributed by atoms with Crippen LogP contribution in [-0.2, 0) is 5.41 Å². The number of para-hydroxylation sites is 2. The molecular formula is C57H40N2. The van der Waals surface area contributed by atoms with Gasteiger partial charge in [-0.25, -0.2) is 0 Å². The van der Waals surface area contributed by atoms with E-state index in [9.17, 15) is 0 Å². The van der Waals surface area contributed by atoms with Gasteiger partial charge in [0.25, 0.3) is 0 Å². The highest BCUT2D eigenvalue weighted by atomic mass is 15.0. The average Bonchev–Trinajstić information content (AvgIpc) is 3.89. The van der Waals surface area contributed by atoms with Crippen molar-refractivity contribution in [3.63, 3.8) is 0 Å². The molecule has 0 spiro atoms. The SMILES string of the molecule is CC1(C)c2ccccc2-c2cc(-n3c4ccc(-c5ccc6c(c5)c5ccccc5n6-c5ccccc5)cc4c4cc(-c5ccccc5)cc(-c5ccccc5)c43)ccc21. The van der Waals surface area contributed by atoms with Crippen molar-refractivity contribution in [2.75, 3.05) is 0 Å². The van der Waals surface area contributed by atoms with Gasteiger partial charge >= 0.3 is 0 Å². The van der Waals surface area contributed by atoms with Crippen LogP contribution in [-0.4, -0.2) is 9.13 Å². The maximum Gasteiger partial charge on any atom is 0.0619 e. The number of hydrogen-bond donors (Lipinski definition) is 0. The van der Waals surface area contributed by atoms with Crippen LogP contribution in [0.5, 0.6) is 0 Å². The van der Waals surface area contributed by atoms with Crippen molar-refractivity contribution in [3.05, 3.63) is 217 Å². The molecular weight excluding hydrogens is 713 g/mol. The van der Waals surface area contributed by atoms with E-state index in [4.69, 9.17) is 0 Å². The molecule has 9 aromatic carbocycles. The number of rotatable bonds is 5. The molecule has 0 atom stereocenters. The molecule has 2 nitrogen and oxygen atoms in total. The summed E-state index contributed by atoms with van der Waals surface area (Å²) < 4.78 is 4.91. The fourth-order valence-corrected chi connectivity index (χ4v) is 10.1. The highest BCUT2D eigenvalue weighted by molar-refractivity contribution is 6.17. The van der Waals surface area contributed by atoms with E-state index in [-0.39, 0.29) is 5.41 Å². The van der Waals surface area contributed by atoms with Crippen molar-refractivity contribution in [2.45, 2.75) is 19.3 Å². The van der Waals surface area contributed by atoms with Gasteiger partial charge in [0.05, 0.1) is 22.1 Å². The zero-order valence-corrected chi connectivity index (χ0v) is 33.0. The number of hydrogen-bond acceptors (Lipinski definition) is 0. The minimum atomic E-state index is -0.0610. The van der Waals surface area contributed by atoms with E-state index in [1.54, 1.807) is 0 Å². The first-order valence-corrected chi connectivity index (χ1v) is 20.6. The van der Waals surface area contributed by atoms with E-state index in [1.165, 1.54) is 111 Å². The Bertz CT molecular complexity index is 3440. The normalized spacial score (nSPS) is 13.1. The Balaban J connectivity index is 1.14. The molecule has 2 heterocycles. The Morgan fingerprint density at radius 1 is 0.305 bits per heavy atom. The summed E-state index contributed by atoms with van der Waals surface area (Å²) >= 11 is 0. The molecule has 12 rings (SSSR count). The lowest BCUT2D eigenvalue weighted by atomic mass is 9.82. The van der Waals surface area contributed by atoms with Crippen LogP contribution in [0.15, 0.2) is 206 Å². The fraction of sp³-hybridized carbons (Fsp3) is 0.0526. The standard InChI is InChI=1S/C57H40N2/c1-57(2)51-24-14-12-22-44(51)47-36-43(28-29-52(47)57)59-55-31-27-40(39-26-30-54-48(32-39)45-23-13-15-25-53(45)58(54)42-20-10-5-11-21-42)33-49(55)50-35-41(37-16-6-3-7-17-37)34-46(56(50)59)38-18-8-4-9-19-38/h3-36H,1-2H3. The van der Waals surface area contributed by atoms with E-state index in [1.807, 2.05) is 0 Å². The van der Waals surface area contributed by atoms with Gasteiger partial charge in [-0.15, -0.1) is 0 Å². The Hall–Kier alpha value is -7.42. The van der Waals surface area contributed by atoms with E-state index >= 15 is 0 Å². The summed E-state index contributed by atoms with van der Waals surface area (Å²) in [7, 11) is 0. The van der Waals surface area contributed by atoms with Gasteiger partial charge in [0.2, 0.25) is 0 Å². The smallest absolute Gasteiger partial charge is 0.0619 e. The first-order chi connectivity index (χ1) is 29.0. The largest absolute Gasteiger partial charge is 0.309 e. The van der Waals surface area contributed by atoms with Crippen molar-refractivity contribution in [1.29, 1.82) is 0 Å². The highest BCUT2D eigenvalue weighted by Gasteiger charge is 2.35. The van der Waals surface area contributed by atoms with Crippen LogP contribution in [0.1, 0.15) is 25.0 Å². The van der Waals surface area contributed by atoms with Gasteiger partial charge in [-0.1, -0.05) is 153 Å². The Morgan fingerprint density at radius 2 is 0.864 bits per heavy atom. The summed E-state index contributed by atoms with van der Waals surface area (Å²) in [5.41, 5.74) is 19.8. The number of benzene rings is 9. The lowest BCUT2D eigenvalue weighted by Gasteiger charge is -2.21. The lowest BCUT2D eigenvalue weighted by molar-refractivity contribution is 0.660. The third kappa shape index (κ3) is 5.06. The van der Waals surface area contributed by atoms with Crippen LogP contribution < -0.4 is 0 Å². The predicted molar refractivity (Wildman–Crippen MR) is 249 cm³/mol. The summed E-state index contributed by atoms with van der Waals surface area (Å²) in [6.07, 6.45) is 0. The van der Waals surface area contributed by atoms with E-state index < -0.39 is 0 Å². The summed E-state index contributed by atoms with van der Waals surface area (Å²) in [5.74, 6) is 0. The van der Waals surface area contributed by atoms with Crippen molar-refractivity contribution >= 4 is 43.6 Å². The Kier molecular flexibility index (Phi) is 7.31. The first kappa shape index (κ1) is 33.7. The molecule has 278 valence electrons. The van der Waals surface area contributed by atoms with Crippen LogP contribution in [0, 0.1) is 0 Å². The second-order valence-electron chi connectivity index (χ2n) is 16.5. The van der Waals surface area contributed by atoms with Crippen molar-refractivity contribution < 1.29 is 0 Å². The van der Waals surface area contributed by atoms with Crippen molar-refractivity contribution in [2.24, 2.45) is 0 Å². The summed E-state index contributed by atoms with van der Waals surface area (Å²) in [6.45, 7) is 4.71. The average molecular weight is 753 g/mol. The molecule has 59 heavy (non-hydrogen) atoms. The molecule has 1 aliphatic carbocycles. The molecule has 0 aliphatic heterocycles. The molecule has 0 saturated heterocycles. The zero-order chi connectivity index (χ0) is 39.2. The van der Waals surface area contributed by atoms with Crippen LogP contribution in [0.3, 0.4) is 0 Å². The van der Waals surface area contributed by atoms with Crippen LogP contribution in [0.25, 0.3) is 99.5 Å². The molecule has 0 N–H and O–H groups in total. The number of aromatic nitrogens is 2. The minimum absolute atomic E-state index is 0.0610. The topological polar surface area (TPSA) is 9.86 Å². The second-order valence-corrected chi connectivity index (χ2v) is 16.5. The minimum Gasteiger partial charge on any atom is -0.309 e. The molecule has 11 aromatic rings. The van der Waals surface area contributed by atoms with Gasteiger partial charge in [0.15, 0.2) is 0 Å². The third-order valence-corrected chi connectivity index (χ3v) is 12.9. The van der Waals surface area contributed by atoms with Gasteiger partial charge in [-0.2, -0.15) is 0 Å². The van der Waals surface area contributed by atoms with Crippen LogP contribution >= 0.6 is 0 Å². The van der Waals surface area contributed by atoms with Gasteiger partial charge in [0, 0.05) is 43.9 Å². The second kappa shape index (κ2) is 12.8.